The van der Waals surface area contributed by atoms with Crippen molar-refractivity contribution in [3.63, 3.8) is 0 Å². The molecule has 3 nitrogen and oxygen atoms in total. The highest BCUT2D eigenvalue weighted by atomic mass is 32.1. The van der Waals surface area contributed by atoms with Crippen LogP contribution < -0.4 is 5.73 Å². The topological polar surface area (TPSA) is 52.3 Å². The number of hydrogen-bond acceptors (Lipinski definition) is 3. The summed E-state index contributed by atoms with van der Waals surface area (Å²) in [7, 11) is 1.38. The third kappa shape index (κ3) is 2.12. The monoisotopic (exact) mass is 263 g/mol. The Labute approximate surface area is 112 Å². The van der Waals surface area contributed by atoms with Crippen molar-refractivity contribution in [2.75, 3.05) is 7.11 Å². The first-order valence-corrected chi connectivity index (χ1v) is 6.50. The molecule has 0 aromatic heterocycles. The maximum atomic E-state index is 11.4. The summed E-state index contributed by atoms with van der Waals surface area (Å²) in [5.41, 5.74) is 7.42. The van der Waals surface area contributed by atoms with E-state index in [-0.39, 0.29) is 11.4 Å². The molecule has 1 aliphatic rings. The Morgan fingerprint density at radius 1 is 1.28 bits per heavy atom. The van der Waals surface area contributed by atoms with Gasteiger partial charge in [0.2, 0.25) is 0 Å². The Morgan fingerprint density at radius 2 is 1.83 bits per heavy atom. The minimum Gasteiger partial charge on any atom is -0.465 e. The van der Waals surface area contributed by atoms with Gasteiger partial charge in [-0.1, -0.05) is 37.2 Å². The molecule has 0 unspecified atom stereocenters. The predicted octanol–water partition coefficient (Wildman–Crippen LogP) is 2.57. The number of esters is 1. The molecule has 0 heterocycles. The van der Waals surface area contributed by atoms with Crippen molar-refractivity contribution in [2.45, 2.75) is 31.1 Å². The van der Waals surface area contributed by atoms with E-state index in [4.69, 9.17) is 18.0 Å². The summed E-state index contributed by atoms with van der Waals surface area (Å²) >= 11 is 5.24. The van der Waals surface area contributed by atoms with Gasteiger partial charge in [-0.05, 0) is 30.5 Å². The number of benzene rings is 1. The van der Waals surface area contributed by atoms with Crippen LogP contribution >= 0.6 is 12.2 Å². The van der Waals surface area contributed by atoms with Gasteiger partial charge in [0.05, 0.1) is 17.7 Å². The first kappa shape index (κ1) is 13.0. The standard InChI is InChI=1S/C14H17NO2S/c1-17-12(16)10-4-6-11(7-5-10)14(13(15)18)8-2-3-9-14/h4-7H,2-3,8-9H2,1H3,(H2,15,18). The third-order valence-corrected chi connectivity index (χ3v) is 4.18. The van der Waals surface area contributed by atoms with Crippen molar-refractivity contribution in [3.05, 3.63) is 35.4 Å². The molecule has 1 fully saturated rings. The van der Waals surface area contributed by atoms with E-state index >= 15 is 0 Å². The summed E-state index contributed by atoms with van der Waals surface area (Å²) in [5, 5.41) is 0. The molecule has 0 saturated heterocycles. The fourth-order valence-corrected chi connectivity index (χ4v) is 3.02. The highest BCUT2D eigenvalue weighted by Gasteiger charge is 2.38. The van der Waals surface area contributed by atoms with Gasteiger partial charge in [0.25, 0.3) is 0 Å². The van der Waals surface area contributed by atoms with Crippen LogP contribution in [-0.4, -0.2) is 18.1 Å². The predicted molar refractivity (Wildman–Crippen MR) is 74.7 cm³/mol. The van der Waals surface area contributed by atoms with Crippen molar-refractivity contribution in [1.82, 2.24) is 0 Å². The minimum atomic E-state index is -0.322. The molecular weight excluding hydrogens is 246 g/mol. The lowest BCUT2D eigenvalue weighted by Crippen LogP contribution is -2.37. The zero-order chi connectivity index (χ0) is 13.2. The molecule has 1 aromatic rings. The number of carbonyl (C=O) groups is 1. The van der Waals surface area contributed by atoms with E-state index in [9.17, 15) is 4.79 Å². The molecule has 2 N–H and O–H groups in total. The number of nitrogens with two attached hydrogens (primary N) is 1. The summed E-state index contributed by atoms with van der Waals surface area (Å²) < 4.78 is 4.68. The van der Waals surface area contributed by atoms with Crippen LogP contribution in [0.5, 0.6) is 0 Å². The van der Waals surface area contributed by atoms with Gasteiger partial charge in [-0.3, -0.25) is 0 Å². The molecule has 0 spiro atoms. The van der Waals surface area contributed by atoms with Gasteiger partial charge < -0.3 is 10.5 Å². The number of thiocarbonyl (C=S) groups is 1. The van der Waals surface area contributed by atoms with Gasteiger partial charge in [-0.2, -0.15) is 0 Å². The molecule has 0 atom stereocenters. The van der Waals surface area contributed by atoms with E-state index < -0.39 is 0 Å². The number of hydrogen-bond donors (Lipinski definition) is 1. The average molecular weight is 263 g/mol. The summed E-state index contributed by atoms with van der Waals surface area (Å²) in [6.07, 6.45) is 4.30. The molecule has 96 valence electrons. The molecule has 1 saturated carbocycles. The van der Waals surface area contributed by atoms with Crippen LogP contribution in [0.3, 0.4) is 0 Å². The van der Waals surface area contributed by atoms with Gasteiger partial charge in [-0.15, -0.1) is 0 Å². The Hall–Kier alpha value is -1.42. The normalized spacial score (nSPS) is 17.4. The van der Waals surface area contributed by atoms with E-state index in [2.05, 4.69) is 4.74 Å². The Balaban J connectivity index is 2.33. The van der Waals surface area contributed by atoms with E-state index in [1.807, 2.05) is 12.1 Å². The lowest BCUT2D eigenvalue weighted by molar-refractivity contribution is 0.0600. The summed E-state index contributed by atoms with van der Waals surface area (Å²) in [4.78, 5) is 11.9. The van der Waals surface area contributed by atoms with Crippen molar-refractivity contribution in [1.29, 1.82) is 0 Å². The average Bonchev–Trinajstić information content (AvgIpc) is 2.88. The van der Waals surface area contributed by atoms with Crippen LogP contribution in [-0.2, 0) is 10.2 Å². The minimum absolute atomic E-state index is 0.177. The molecule has 2 rings (SSSR count). The van der Waals surface area contributed by atoms with Gasteiger partial charge in [-0.25, -0.2) is 4.79 Å². The molecule has 1 aliphatic carbocycles. The second-order valence-electron chi connectivity index (χ2n) is 4.72. The second kappa shape index (κ2) is 5.06. The van der Waals surface area contributed by atoms with Crippen LogP contribution in [0, 0.1) is 0 Å². The number of methoxy groups -OCH3 is 1. The van der Waals surface area contributed by atoms with E-state index in [0.29, 0.717) is 10.6 Å². The smallest absolute Gasteiger partial charge is 0.337 e. The maximum absolute atomic E-state index is 11.4. The fraction of sp³-hybridized carbons (Fsp3) is 0.429. The first-order chi connectivity index (χ1) is 8.60. The quantitative estimate of drug-likeness (QED) is 0.672. The van der Waals surface area contributed by atoms with Gasteiger partial charge in [0.15, 0.2) is 0 Å². The van der Waals surface area contributed by atoms with Gasteiger partial charge >= 0.3 is 5.97 Å². The number of ether oxygens (including phenoxy) is 1. The molecule has 18 heavy (non-hydrogen) atoms. The van der Waals surface area contributed by atoms with Crippen molar-refractivity contribution < 1.29 is 9.53 Å². The van der Waals surface area contributed by atoms with Crippen LogP contribution in [0.15, 0.2) is 24.3 Å². The van der Waals surface area contributed by atoms with Crippen LogP contribution in [0.25, 0.3) is 0 Å². The molecule has 0 amide bonds. The van der Waals surface area contributed by atoms with Crippen LogP contribution in [0.2, 0.25) is 0 Å². The molecular formula is C14H17NO2S. The SMILES string of the molecule is COC(=O)c1ccc(C2(C(N)=S)CCCC2)cc1. The van der Waals surface area contributed by atoms with E-state index in [0.717, 1.165) is 31.2 Å². The van der Waals surface area contributed by atoms with Gasteiger partial charge in [0, 0.05) is 5.41 Å². The zero-order valence-electron chi connectivity index (χ0n) is 10.4. The number of rotatable bonds is 3. The fourth-order valence-electron chi connectivity index (χ4n) is 2.70. The molecule has 4 heteroatoms. The summed E-state index contributed by atoms with van der Waals surface area (Å²) in [6, 6.07) is 7.44. The lowest BCUT2D eigenvalue weighted by Gasteiger charge is -2.28. The highest BCUT2D eigenvalue weighted by Crippen LogP contribution is 2.41. The van der Waals surface area contributed by atoms with Crippen molar-refractivity contribution in [2.24, 2.45) is 5.73 Å². The third-order valence-electron chi connectivity index (χ3n) is 3.79. The van der Waals surface area contributed by atoms with E-state index in [1.165, 1.54) is 7.11 Å². The van der Waals surface area contributed by atoms with Crippen molar-refractivity contribution >= 4 is 23.2 Å². The Morgan fingerprint density at radius 3 is 2.28 bits per heavy atom. The molecule has 0 radical (unpaired) electrons. The van der Waals surface area contributed by atoms with Gasteiger partial charge in [0.1, 0.15) is 0 Å². The molecule has 1 aromatic carbocycles. The lowest BCUT2D eigenvalue weighted by atomic mass is 9.78. The van der Waals surface area contributed by atoms with E-state index in [1.54, 1.807) is 12.1 Å². The second-order valence-corrected chi connectivity index (χ2v) is 5.16. The first-order valence-electron chi connectivity index (χ1n) is 6.09. The van der Waals surface area contributed by atoms with Crippen molar-refractivity contribution in [3.8, 4) is 0 Å². The van der Waals surface area contributed by atoms with Crippen LogP contribution in [0.1, 0.15) is 41.6 Å². The Kier molecular flexibility index (Phi) is 3.66. The highest BCUT2D eigenvalue weighted by molar-refractivity contribution is 7.80. The summed E-state index contributed by atoms with van der Waals surface area (Å²) in [6.45, 7) is 0. The largest absolute Gasteiger partial charge is 0.465 e. The molecule has 0 bridgehead atoms. The zero-order valence-corrected chi connectivity index (χ0v) is 11.3. The maximum Gasteiger partial charge on any atom is 0.337 e. The number of carbonyl (C=O) groups excluding carboxylic acids is 1. The molecule has 0 aliphatic heterocycles. The van der Waals surface area contributed by atoms with Crippen LogP contribution in [0.4, 0.5) is 0 Å². The Bertz CT molecular complexity index is 461. The summed E-state index contributed by atoms with van der Waals surface area (Å²) in [5.74, 6) is -0.322.